The highest BCUT2D eigenvalue weighted by atomic mass is 32.2. The first-order valence-corrected chi connectivity index (χ1v) is 7.64. The molecule has 0 radical (unpaired) electrons. The van der Waals surface area contributed by atoms with E-state index < -0.39 is 16.0 Å². The molecule has 0 saturated carbocycles. The molecule has 1 atom stereocenters. The first-order chi connectivity index (χ1) is 7.83. The van der Waals surface area contributed by atoms with Crippen molar-refractivity contribution in [3.05, 3.63) is 0 Å². The second-order valence-electron chi connectivity index (χ2n) is 4.28. The predicted molar refractivity (Wildman–Crippen MR) is 67.4 cm³/mol. The third-order valence-electron chi connectivity index (χ3n) is 2.75. The molecule has 6 heteroatoms. The summed E-state index contributed by atoms with van der Waals surface area (Å²) >= 11 is 0. The molecule has 0 aromatic carbocycles. The van der Waals surface area contributed by atoms with E-state index in [9.17, 15) is 13.2 Å². The summed E-state index contributed by atoms with van der Waals surface area (Å²) in [6, 6.07) is 0. The fourth-order valence-corrected chi connectivity index (χ4v) is 3.09. The van der Waals surface area contributed by atoms with E-state index in [-0.39, 0.29) is 18.6 Å². The van der Waals surface area contributed by atoms with Crippen molar-refractivity contribution in [1.29, 1.82) is 0 Å². The zero-order valence-corrected chi connectivity index (χ0v) is 11.7. The van der Waals surface area contributed by atoms with Crippen molar-refractivity contribution < 1.29 is 18.3 Å². The summed E-state index contributed by atoms with van der Waals surface area (Å²) in [6.07, 6.45) is 1.01. The Labute approximate surface area is 104 Å². The topological polar surface area (TPSA) is 74.7 Å². The van der Waals surface area contributed by atoms with Crippen molar-refractivity contribution in [3.8, 4) is 0 Å². The normalized spacial score (nSPS) is 13.9. The molecule has 0 aromatic heterocycles. The average molecular weight is 265 g/mol. The van der Waals surface area contributed by atoms with Crippen molar-refractivity contribution in [1.82, 2.24) is 4.31 Å². The maximum Gasteiger partial charge on any atom is 0.303 e. The van der Waals surface area contributed by atoms with Crippen LogP contribution in [0.4, 0.5) is 0 Å². The minimum atomic E-state index is -3.30. The number of sulfonamides is 1. The van der Waals surface area contributed by atoms with Gasteiger partial charge < -0.3 is 5.11 Å². The van der Waals surface area contributed by atoms with Crippen LogP contribution in [0.2, 0.25) is 0 Å². The molecule has 5 nitrogen and oxygen atoms in total. The number of aliphatic carboxylic acids is 1. The minimum Gasteiger partial charge on any atom is -0.481 e. The van der Waals surface area contributed by atoms with Crippen LogP contribution in [-0.2, 0) is 14.8 Å². The van der Waals surface area contributed by atoms with E-state index in [1.165, 1.54) is 4.31 Å². The average Bonchev–Trinajstić information content (AvgIpc) is 2.24. The standard InChI is InChI=1S/C11H23NO4S/c1-4-10(3)9-12(5-2)17(15,16)8-6-7-11(13)14/h10H,4-9H2,1-3H3,(H,13,14). The summed E-state index contributed by atoms with van der Waals surface area (Å²) in [4.78, 5) is 10.3. The number of rotatable bonds is 9. The maximum atomic E-state index is 11.9. The van der Waals surface area contributed by atoms with Gasteiger partial charge >= 0.3 is 5.97 Å². The highest BCUT2D eigenvalue weighted by Gasteiger charge is 2.21. The molecule has 0 bridgehead atoms. The zero-order chi connectivity index (χ0) is 13.5. The second kappa shape index (κ2) is 7.66. The Bertz CT molecular complexity index is 326. The SMILES string of the molecule is CCC(C)CN(CC)S(=O)(=O)CCCC(=O)O. The summed E-state index contributed by atoms with van der Waals surface area (Å²) < 4.78 is 25.3. The Balaban J connectivity index is 4.37. The van der Waals surface area contributed by atoms with Gasteiger partial charge in [0.25, 0.3) is 0 Å². The lowest BCUT2D eigenvalue weighted by Gasteiger charge is -2.23. The van der Waals surface area contributed by atoms with Gasteiger partial charge in [0.15, 0.2) is 0 Å². The van der Waals surface area contributed by atoms with Gasteiger partial charge in [0, 0.05) is 19.5 Å². The largest absolute Gasteiger partial charge is 0.481 e. The van der Waals surface area contributed by atoms with Crippen molar-refractivity contribution in [3.63, 3.8) is 0 Å². The fraction of sp³-hybridized carbons (Fsp3) is 0.909. The summed E-state index contributed by atoms with van der Waals surface area (Å²) in [7, 11) is -3.30. The van der Waals surface area contributed by atoms with E-state index in [0.29, 0.717) is 19.0 Å². The van der Waals surface area contributed by atoms with Gasteiger partial charge in [-0.05, 0) is 12.3 Å². The molecule has 0 heterocycles. The zero-order valence-electron chi connectivity index (χ0n) is 10.8. The second-order valence-corrected chi connectivity index (χ2v) is 6.37. The molecule has 17 heavy (non-hydrogen) atoms. The Morgan fingerprint density at radius 2 is 1.94 bits per heavy atom. The lowest BCUT2D eigenvalue weighted by molar-refractivity contribution is -0.137. The van der Waals surface area contributed by atoms with Gasteiger partial charge in [0.05, 0.1) is 5.75 Å². The van der Waals surface area contributed by atoms with E-state index in [4.69, 9.17) is 5.11 Å². The molecular weight excluding hydrogens is 242 g/mol. The third-order valence-corrected chi connectivity index (χ3v) is 4.75. The quantitative estimate of drug-likeness (QED) is 0.686. The molecular formula is C11H23NO4S. The molecule has 1 unspecified atom stereocenters. The van der Waals surface area contributed by atoms with Gasteiger partial charge in [-0.15, -0.1) is 0 Å². The summed E-state index contributed by atoms with van der Waals surface area (Å²) in [6.45, 7) is 6.80. The molecule has 0 fully saturated rings. The third kappa shape index (κ3) is 6.63. The summed E-state index contributed by atoms with van der Waals surface area (Å²) in [5, 5.41) is 8.48. The van der Waals surface area contributed by atoms with Crippen LogP contribution in [0.25, 0.3) is 0 Å². The molecule has 0 aliphatic heterocycles. The Morgan fingerprint density at radius 1 is 1.35 bits per heavy atom. The van der Waals surface area contributed by atoms with Crippen LogP contribution in [0, 0.1) is 5.92 Å². The van der Waals surface area contributed by atoms with Crippen molar-refractivity contribution >= 4 is 16.0 Å². The van der Waals surface area contributed by atoms with Crippen LogP contribution in [0.1, 0.15) is 40.0 Å². The van der Waals surface area contributed by atoms with Crippen LogP contribution in [0.5, 0.6) is 0 Å². The molecule has 0 aliphatic rings. The Hall–Kier alpha value is -0.620. The van der Waals surface area contributed by atoms with Gasteiger partial charge in [0.1, 0.15) is 0 Å². The van der Waals surface area contributed by atoms with Crippen molar-refractivity contribution in [2.24, 2.45) is 5.92 Å². The molecule has 102 valence electrons. The Morgan fingerprint density at radius 3 is 2.35 bits per heavy atom. The predicted octanol–water partition coefficient (Wildman–Crippen LogP) is 1.55. The van der Waals surface area contributed by atoms with E-state index in [0.717, 1.165) is 6.42 Å². The fourth-order valence-electron chi connectivity index (χ4n) is 1.45. The number of hydrogen-bond donors (Lipinski definition) is 1. The number of hydrogen-bond acceptors (Lipinski definition) is 3. The molecule has 0 amide bonds. The van der Waals surface area contributed by atoms with Crippen LogP contribution < -0.4 is 0 Å². The summed E-state index contributed by atoms with van der Waals surface area (Å²) in [5.74, 6) is -0.710. The van der Waals surface area contributed by atoms with E-state index in [1.807, 2.05) is 13.8 Å². The highest BCUT2D eigenvalue weighted by molar-refractivity contribution is 7.89. The highest BCUT2D eigenvalue weighted by Crippen LogP contribution is 2.10. The van der Waals surface area contributed by atoms with Crippen LogP contribution in [-0.4, -0.2) is 42.6 Å². The molecule has 0 rings (SSSR count). The molecule has 0 saturated heterocycles. The van der Waals surface area contributed by atoms with Crippen LogP contribution >= 0.6 is 0 Å². The van der Waals surface area contributed by atoms with Gasteiger partial charge in [-0.1, -0.05) is 27.2 Å². The van der Waals surface area contributed by atoms with E-state index in [2.05, 4.69) is 0 Å². The van der Waals surface area contributed by atoms with Gasteiger partial charge in [-0.25, -0.2) is 12.7 Å². The van der Waals surface area contributed by atoms with Crippen molar-refractivity contribution in [2.45, 2.75) is 40.0 Å². The summed E-state index contributed by atoms with van der Waals surface area (Å²) in [5.41, 5.74) is 0. The Kier molecular flexibility index (Phi) is 7.38. The van der Waals surface area contributed by atoms with Gasteiger partial charge in [-0.3, -0.25) is 4.79 Å². The molecule has 0 aromatic rings. The minimum absolute atomic E-state index is 0.0798. The first-order valence-electron chi connectivity index (χ1n) is 6.03. The van der Waals surface area contributed by atoms with Crippen LogP contribution in [0.15, 0.2) is 0 Å². The first kappa shape index (κ1) is 16.4. The molecule has 1 N–H and O–H groups in total. The van der Waals surface area contributed by atoms with Gasteiger partial charge in [-0.2, -0.15) is 0 Å². The number of nitrogens with zero attached hydrogens (tertiary/aromatic N) is 1. The van der Waals surface area contributed by atoms with E-state index in [1.54, 1.807) is 6.92 Å². The number of carboxylic acid groups (broad SMARTS) is 1. The lowest BCUT2D eigenvalue weighted by atomic mass is 10.1. The van der Waals surface area contributed by atoms with E-state index >= 15 is 0 Å². The lowest BCUT2D eigenvalue weighted by Crippen LogP contribution is -2.36. The molecule has 0 spiro atoms. The number of carboxylic acids is 1. The molecule has 0 aliphatic carbocycles. The van der Waals surface area contributed by atoms with Gasteiger partial charge in [0.2, 0.25) is 10.0 Å². The monoisotopic (exact) mass is 265 g/mol. The smallest absolute Gasteiger partial charge is 0.303 e. The van der Waals surface area contributed by atoms with Crippen molar-refractivity contribution in [2.75, 3.05) is 18.8 Å². The van der Waals surface area contributed by atoms with Crippen LogP contribution in [0.3, 0.4) is 0 Å². The maximum absolute atomic E-state index is 11.9. The number of carbonyl (C=O) groups is 1.